The smallest absolute Gasteiger partial charge is 0.411 e. The van der Waals surface area contributed by atoms with Crippen molar-refractivity contribution in [1.82, 2.24) is 9.80 Å². The van der Waals surface area contributed by atoms with Crippen LogP contribution in [0.5, 0.6) is 0 Å². The lowest BCUT2D eigenvalue weighted by atomic mass is 10.1. The maximum absolute atomic E-state index is 13.6. The number of rotatable bonds is 1. The number of halogens is 2. The van der Waals surface area contributed by atoms with Gasteiger partial charge in [-0.15, -0.1) is 0 Å². The summed E-state index contributed by atoms with van der Waals surface area (Å²) in [5.74, 6) is -3.68. The molecule has 2 amide bonds. The molecule has 0 radical (unpaired) electrons. The average molecular weight is 343 g/mol. The minimum Gasteiger partial charge on any atom is -0.444 e. The van der Waals surface area contributed by atoms with Crippen molar-refractivity contribution < 1.29 is 23.1 Å². The number of alkyl halides is 2. The molecule has 0 aromatic carbocycles. The van der Waals surface area contributed by atoms with Gasteiger partial charge in [0, 0.05) is 12.5 Å². The number of ether oxygens (including phenoxy) is 1. The molecule has 8 heteroatoms. The van der Waals surface area contributed by atoms with E-state index in [0.29, 0.717) is 12.8 Å². The first-order chi connectivity index (χ1) is 10.9. The van der Waals surface area contributed by atoms with E-state index in [0.717, 1.165) is 4.90 Å². The Kier molecular flexibility index (Phi) is 4.75. The van der Waals surface area contributed by atoms with E-state index in [4.69, 9.17) is 10.00 Å². The van der Waals surface area contributed by atoms with Crippen molar-refractivity contribution in [2.45, 2.75) is 76.6 Å². The van der Waals surface area contributed by atoms with Crippen LogP contribution in [-0.4, -0.2) is 58.0 Å². The van der Waals surface area contributed by atoms with Gasteiger partial charge in [0.2, 0.25) is 5.91 Å². The number of hydrogen-bond acceptors (Lipinski definition) is 4. The largest absolute Gasteiger partial charge is 0.444 e. The summed E-state index contributed by atoms with van der Waals surface area (Å²) in [5.41, 5.74) is -0.719. The molecule has 0 unspecified atom stereocenters. The molecule has 2 fully saturated rings. The maximum Gasteiger partial charge on any atom is 0.411 e. The number of nitrogens with zero attached hydrogens (tertiary/aromatic N) is 3. The minimum absolute atomic E-state index is 0.225. The Hall–Kier alpha value is -1.91. The Balaban J connectivity index is 2.19. The topological polar surface area (TPSA) is 73.6 Å². The number of carbonyl (C=O) groups is 2. The quantitative estimate of drug-likeness (QED) is 0.733. The Morgan fingerprint density at radius 2 is 1.92 bits per heavy atom. The van der Waals surface area contributed by atoms with Crippen molar-refractivity contribution in [3.05, 3.63) is 0 Å². The van der Waals surface area contributed by atoms with E-state index in [1.54, 1.807) is 33.8 Å². The van der Waals surface area contributed by atoms with Crippen LogP contribution in [0, 0.1) is 11.3 Å². The maximum atomic E-state index is 13.6. The second-order valence-corrected chi connectivity index (χ2v) is 7.50. The zero-order valence-corrected chi connectivity index (χ0v) is 14.4. The lowest BCUT2D eigenvalue weighted by Gasteiger charge is -2.33. The Bertz CT molecular complexity index is 568. The summed E-state index contributed by atoms with van der Waals surface area (Å²) in [6, 6.07) is -0.491. The third kappa shape index (κ3) is 3.77. The molecule has 2 rings (SSSR count). The number of carbonyl (C=O) groups excluding carboxylic acids is 2. The van der Waals surface area contributed by atoms with E-state index < -0.39 is 48.6 Å². The van der Waals surface area contributed by atoms with Crippen LogP contribution in [0.1, 0.15) is 47.0 Å². The van der Waals surface area contributed by atoms with E-state index in [1.807, 2.05) is 0 Å². The molecule has 6 nitrogen and oxygen atoms in total. The van der Waals surface area contributed by atoms with Crippen molar-refractivity contribution in [2.75, 3.05) is 6.54 Å². The molecule has 0 aromatic rings. The summed E-state index contributed by atoms with van der Waals surface area (Å²) in [6.07, 6.45) is -0.342. The Morgan fingerprint density at radius 3 is 2.46 bits per heavy atom. The summed E-state index contributed by atoms with van der Waals surface area (Å²) in [4.78, 5) is 27.3. The highest BCUT2D eigenvalue weighted by Gasteiger charge is 2.51. The number of hydrogen-bond donors (Lipinski definition) is 0. The summed E-state index contributed by atoms with van der Waals surface area (Å²) in [7, 11) is 0. The SMILES string of the molecule is C[C@H]1CC[C@@H](C(=O)N2CC(F)(F)C[C@H]2C#N)N1C(=O)OC(C)(C)C. The van der Waals surface area contributed by atoms with E-state index in [2.05, 4.69) is 0 Å². The first-order valence-electron chi connectivity index (χ1n) is 8.04. The fourth-order valence-corrected chi connectivity index (χ4v) is 3.20. The van der Waals surface area contributed by atoms with Crippen LogP contribution in [0.15, 0.2) is 0 Å². The van der Waals surface area contributed by atoms with Crippen LogP contribution in [0.25, 0.3) is 0 Å². The highest BCUT2D eigenvalue weighted by atomic mass is 19.3. The van der Waals surface area contributed by atoms with Crippen LogP contribution in [0.2, 0.25) is 0 Å². The zero-order valence-electron chi connectivity index (χ0n) is 14.4. The molecular formula is C16H23F2N3O3. The second kappa shape index (κ2) is 6.19. The van der Waals surface area contributed by atoms with Crippen molar-refractivity contribution in [3.8, 4) is 6.07 Å². The molecule has 2 saturated heterocycles. The van der Waals surface area contributed by atoms with Gasteiger partial charge in [0.25, 0.3) is 5.92 Å². The minimum atomic E-state index is -3.07. The molecule has 0 spiro atoms. The molecule has 0 saturated carbocycles. The number of likely N-dealkylation sites (tertiary alicyclic amines) is 2. The van der Waals surface area contributed by atoms with Crippen LogP contribution in [-0.2, 0) is 9.53 Å². The van der Waals surface area contributed by atoms with Crippen LogP contribution in [0.4, 0.5) is 13.6 Å². The van der Waals surface area contributed by atoms with Crippen LogP contribution < -0.4 is 0 Å². The van der Waals surface area contributed by atoms with E-state index in [1.165, 1.54) is 4.90 Å². The molecule has 0 bridgehead atoms. The number of amides is 2. The predicted molar refractivity (Wildman–Crippen MR) is 81.2 cm³/mol. The monoisotopic (exact) mass is 343 g/mol. The van der Waals surface area contributed by atoms with Gasteiger partial charge in [-0.05, 0) is 40.5 Å². The molecule has 0 aromatic heterocycles. The summed E-state index contributed by atoms with van der Waals surface area (Å²) >= 11 is 0. The van der Waals surface area contributed by atoms with Gasteiger partial charge in [-0.3, -0.25) is 9.69 Å². The first kappa shape index (κ1) is 18.4. The van der Waals surface area contributed by atoms with E-state index >= 15 is 0 Å². The van der Waals surface area contributed by atoms with Crippen LogP contribution >= 0.6 is 0 Å². The van der Waals surface area contributed by atoms with Gasteiger partial charge in [0.15, 0.2) is 0 Å². The first-order valence-corrected chi connectivity index (χ1v) is 8.04. The number of nitriles is 1. The van der Waals surface area contributed by atoms with Gasteiger partial charge in [-0.1, -0.05) is 0 Å². The van der Waals surface area contributed by atoms with Gasteiger partial charge in [-0.2, -0.15) is 5.26 Å². The molecular weight excluding hydrogens is 320 g/mol. The van der Waals surface area contributed by atoms with Gasteiger partial charge in [0.05, 0.1) is 12.6 Å². The van der Waals surface area contributed by atoms with Gasteiger partial charge in [-0.25, -0.2) is 13.6 Å². The van der Waals surface area contributed by atoms with Gasteiger partial charge >= 0.3 is 6.09 Å². The predicted octanol–water partition coefficient (Wildman–Crippen LogP) is 2.53. The molecule has 0 aliphatic carbocycles. The van der Waals surface area contributed by atoms with Crippen LogP contribution in [0.3, 0.4) is 0 Å². The normalized spacial score (nSPS) is 29.5. The summed E-state index contributed by atoms with van der Waals surface area (Å²) in [5, 5.41) is 9.06. The van der Waals surface area contributed by atoms with Crippen molar-refractivity contribution >= 4 is 12.0 Å². The molecule has 3 atom stereocenters. The molecule has 2 aliphatic heterocycles. The van der Waals surface area contributed by atoms with Crippen molar-refractivity contribution in [2.24, 2.45) is 0 Å². The third-order valence-electron chi connectivity index (χ3n) is 4.26. The summed E-state index contributed by atoms with van der Waals surface area (Å²) in [6.45, 7) is 6.16. The molecule has 2 aliphatic rings. The summed E-state index contributed by atoms with van der Waals surface area (Å²) < 4.78 is 32.5. The second-order valence-electron chi connectivity index (χ2n) is 7.50. The third-order valence-corrected chi connectivity index (χ3v) is 4.26. The highest BCUT2D eigenvalue weighted by Crippen LogP contribution is 2.35. The van der Waals surface area contributed by atoms with Gasteiger partial charge < -0.3 is 9.64 Å². The molecule has 134 valence electrons. The highest BCUT2D eigenvalue weighted by molar-refractivity contribution is 5.87. The lowest BCUT2D eigenvalue weighted by molar-refractivity contribution is -0.137. The molecule has 24 heavy (non-hydrogen) atoms. The van der Waals surface area contributed by atoms with Crippen molar-refractivity contribution in [1.29, 1.82) is 5.26 Å². The van der Waals surface area contributed by atoms with Crippen molar-refractivity contribution in [3.63, 3.8) is 0 Å². The fourth-order valence-electron chi connectivity index (χ4n) is 3.20. The Labute approximate surface area is 140 Å². The lowest BCUT2D eigenvalue weighted by Crippen LogP contribution is -2.52. The Morgan fingerprint density at radius 1 is 1.29 bits per heavy atom. The van der Waals surface area contributed by atoms with E-state index in [-0.39, 0.29) is 6.04 Å². The molecule has 2 heterocycles. The van der Waals surface area contributed by atoms with Gasteiger partial charge in [0.1, 0.15) is 17.7 Å². The molecule has 0 N–H and O–H groups in total. The standard InChI is InChI=1S/C16H23F2N3O3/c1-10-5-6-12(21(10)14(23)24-15(2,3)4)13(22)20-9-16(17,18)7-11(20)8-19/h10-12H,5-7,9H2,1-4H3/t10-,11-,12-/m0/s1. The fraction of sp³-hybridized carbons (Fsp3) is 0.812. The average Bonchev–Trinajstić information content (AvgIpc) is 2.95. The van der Waals surface area contributed by atoms with E-state index in [9.17, 15) is 18.4 Å². The zero-order chi connectivity index (χ0) is 18.3.